The number of hydrogen-bond acceptors (Lipinski definition) is 2. The van der Waals surface area contributed by atoms with Crippen LogP contribution in [0.25, 0.3) is 44.9 Å². The van der Waals surface area contributed by atoms with Gasteiger partial charge in [-0.2, -0.15) is 0 Å². The number of benzene rings is 7. The molecule has 1 heterocycles. The van der Waals surface area contributed by atoms with Crippen LogP contribution in [0, 0.1) is 0 Å². The number of nitrogens with zero attached hydrogens (tertiary/aromatic N) is 1. The minimum atomic E-state index is -0.250. The normalized spacial score (nSPS) is 20.0. The van der Waals surface area contributed by atoms with E-state index in [1.165, 1.54) is 83.4 Å². The SMILES string of the molecule is CC1(C)c2ccccc2-c2ccc(N(c3cccc(-c4cccc5c6c(oc45)CCC=C6)c3)c3ccccc3C3C=CC=C(C4=CC5=C(CC4)C(C4=CC=CCC4)(c4ccccc4)c4ccccc45)C3)cc21. The van der Waals surface area contributed by atoms with Crippen LogP contribution >= 0.6 is 0 Å². The van der Waals surface area contributed by atoms with Gasteiger partial charge in [-0.3, -0.25) is 0 Å². The van der Waals surface area contributed by atoms with Crippen LogP contribution in [0.15, 0.2) is 239 Å². The van der Waals surface area contributed by atoms with E-state index in [-0.39, 0.29) is 16.7 Å². The number of fused-ring (bicyclic) bond motifs is 8. The number of hydrogen-bond donors (Lipinski definition) is 0. The molecule has 0 saturated heterocycles. The van der Waals surface area contributed by atoms with Gasteiger partial charge in [0.25, 0.3) is 0 Å². The fourth-order valence-electron chi connectivity index (χ4n) is 13.7. The summed E-state index contributed by atoms with van der Waals surface area (Å²) in [5.74, 6) is 1.26. The lowest BCUT2D eigenvalue weighted by Gasteiger charge is -2.39. The highest BCUT2D eigenvalue weighted by Crippen LogP contribution is 2.60. The Kier molecular flexibility index (Phi) is 10.0. The molecule has 0 fully saturated rings. The molecule has 0 spiro atoms. The van der Waals surface area contributed by atoms with Gasteiger partial charge in [-0.25, -0.2) is 0 Å². The Morgan fingerprint density at radius 3 is 2.22 bits per heavy atom. The molecule has 0 saturated carbocycles. The van der Waals surface area contributed by atoms with Crippen molar-refractivity contribution in [1.82, 2.24) is 0 Å². The average Bonchev–Trinajstić information content (AvgIpc) is 4.05. The number of aryl methyl sites for hydroxylation is 1. The summed E-state index contributed by atoms with van der Waals surface area (Å²) in [5.41, 5.74) is 25.9. The lowest BCUT2D eigenvalue weighted by atomic mass is 9.63. The second-order valence-electron chi connectivity index (χ2n) is 21.2. The van der Waals surface area contributed by atoms with Gasteiger partial charge in [0.1, 0.15) is 11.3 Å². The molecule has 348 valence electrons. The van der Waals surface area contributed by atoms with Crippen LogP contribution in [0.2, 0.25) is 0 Å². The van der Waals surface area contributed by atoms with Crippen molar-refractivity contribution in [3.05, 3.63) is 279 Å². The summed E-state index contributed by atoms with van der Waals surface area (Å²) in [5, 5.41) is 1.19. The van der Waals surface area contributed by atoms with Gasteiger partial charge in [0.15, 0.2) is 0 Å². The Morgan fingerprint density at radius 1 is 0.569 bits per heavy atom. The van der Waals surface area contributed by atoms with Gasteiger partial charge in [0.05, 0.1) is 5.41 Å². The van der Waals surface area contributed by atoms with Crippen LogP contribution in [-0.4, -0.2) is 0 Å². The van der Waals surface area contributed by atoms with Gasteiger partial charge < -0.3 is 9.32 Å². The molecule has 2 atom stereocenters. The monoisotopic (exact) mass is 927 g/mol. The van der Waals surface area contributed by atoms with E-state index in [1.54, 1.807) is 5.57 Å². The molecule has 1 aromatic heterocycles. The standard InChI is InChI=1S/C70H57NO/c1-69(2)62-34-13-9-29-56(62)58-40-39-53(45-65(58)69)71(52-27-18-22-49(43-52)55-32-19-33-60-59-31-12-16-37-67(59)72-68(55)60)66-36-15-11-28-54(66)48-21-17-20-46(42-48)47-38-41-64-61(44-47)57-30-10-14-35-63(57)70(64,50-23-5-3-6-24-50)51-25-7-4-8-26-51/h3-7,9-15,17-25,27-36,39-40,43-45,48H,8,16,26,37-38,41-42H2,1-2H3. The summed E-state index contributed by atoms with van der Waals surface area (Å²) in [4.78, 5) is 2.53. The van der Waals surface area contributed by atoms with Crippen LogP contribution in [0.3, 0.4) is 0 Å². The maximum Gasteiger partial charge on any atom is 0.142 e. The number of rotatable bonds is 8. The number of furan rings is 1. The minimum absolute atomic E-state index is 0.142. The van der Waals surface area contributed by atoms with Crippen LogP contribution in [0.1, 0.15) is 103 Å². The molecule has 7 aromatic carbocycles. The van der Waals surface area contributed by atoms with E-state index in [0.29, 0.717) is 0 Å². The zero-order chi connectivity index (χ0) is 48.0. The molecule has 2 heteroatoms. The lowest BCUT2D eigenvalue weighted by molar-refractivity contribution is 0.547. The van der Waals surface area contributed by atoms with E-state index in [1.807, 2.05) is 0 Å². The molecule has 6 aliphatic rings. The van der Waals surface area contributed by atoms with E-state index < -0.39 is 0 Å². The van der Waals surface area contributed by atoms with Gasteiger partial charge >= 0.3 is 0 Å². The van der Waals surface area contributed by atoms with Gasteiger partial charge in [-0.05, 0) is 141 Å². The highest BCUT2D eigenvalue weighted by molar-refractivity contribution is 5.99. The zero-order valence-corrected chi connectivity index (χ0v) is 41.2. The first-order valence-electron chi connectivity index (χ1n) is 26.2. The first kappa shape index (κ1) is 42.9. The van der Waals surface area contributed by atoms with Gasteiger partial charge in [-0.15, -0.1) is 0 Å². The second-order valence-corrected chi connectivity index (χ2v) is 21.2. The van der Waals surface area contributed by atoms with Crippen molar-refractivity contribution in [3.8, 4) is 22.3 Å². The topological polar surface area (TPSA) is 16.4 Å². The summed E-state index contributed by atoms with van der Waals surface area (Å²) in [6.45, 7) is 4.77. The first-order chi connectivity index (χ1) is 35.5. The molecule has 0 bridgehead atoms. The molecule has 8 aromatic rings. The molecule has 6 aliphatic carbocycles. The van der Waals surface area contributed by atoms with Crippen molar-refractivity contribution < 1.29 is 4.42 Å². The third-order valence-electron chi connectivity index (χ3n) is 17.0. The molecular weight excluding hydrogens is 871 g/mol. The predicted molar refractivity (Wildman–Crippen MR) is 300 cm³/mol. The van der Waals surface area contributed by atoms with Gasteiger partial charge in [0.2, 0.25) is 0 Å². The van der Waals surface area contributed by atoms with Crippen LogP contribution < -0.4 is 4.90 Å². The minimum Gasteiger partial charge on any atom is -0.460 e. The van der Waals surface area contributed by atoms with Crippen molar-refractivity contribution >= 4 is 39.7 Å². The highest BCUT2D eigenvalue weighted by atomic mass is 16.3. The number of allylic oxidation sites excluding steroid dienone is 13. The Hall–Kier alpha value is -7.94. The summed E-state index contributed by atoms with van der Waals surface area (Å²) in [6.07, 6.45) is 28.4. The second kappa shape index (κ2) is 16.8. The molecule has 72 heavy (non-hydrogen) atoms. The fourth-order valence-corrected chi connectivity index (χ4v) is 13.7. The molecule has 0 radical (unpaired) electrons. The third-order valence-corrected chi connectivity index (χ3v) is 17.0. The van der Waals surface area contributed by atoms with Crippen molar-refractivity contribution in [2.45, 2.75) is 75.5 Å². The van der Waals surface area contributed by atoms with E-state index in [4.69, 9.17) is 4.42 Å². The van der Waals surface area contributed by atoms with E-state index in [9.17, 15) is 0 Å². The quantitative estimate of drug-likeness (QED) is 0.151. The van der Waals surface area contributed by atoms with Crippen molar-refractivity contribution in [2.24, 2.45) is 0 Å². The van der Waals surface area contributed by atoms with Crippen LogP contribution in [0.5, 0.6) is 0 Å². The van der Waals surface area contributed by atoms with Crippen molar-refractivity contribution in [1.29, 1.82) is 0 Å². The molecule has 0 N–H and O–H groups in total. The zero-order valence-electron chi connectivity index (χ0n) is 41.2. The summed E-state index contributed by atoms with van der Waals surface area (Å²) >= 11 is 0. The number of para-hydroxylation sites is 2. The largest absolute Gasteiger partial charge is 0.460 e. The predicted octanol–water partition coefficient (Wildman–Crippen LogP) is 18.6. The van der Waals surface area contributed by atoms with Crippen molar-refractivity contribution in [2.75, 3.05) is 4.90 Å². The third kappa shape index (κ3) is 6.54. The van der Waals surface area contributed by atoms with Crippen LogP contribution in [0.4, 0.5) is 17.1 Å². The molecule has 2 unspecified atom stereocenters. The van der Waals surface area contributed by atoms with E-state index in [0.717, 1.165) is 78.8 Å². The molecule has 0 amide bonds. The smallest absolute Gasteiger partial charge is 0.142 e. The molecule has 2 nitrogen and oxygen atoms in total. The van der Waals surface area contributed by atoms with Crippen molar-refractivity contribution in [3.63, 3.8) is 0 Å². The number of anilines is 3. The highest BCUT2D eigenvalue weighted by Gasteiger charge is 2.49. The molecular formula is C70H57NO. The Bertz CT molecular complexity index is 3760. The Labute approximate surface area is 424 Å². The molecule has 14 rings (SSSR count). The van der Waals surface area contributed by atoms with Crippen LogP contribution in [-0.2, 0) is 17.3 Å². The summed E-state index contributed by atoms with van der Waals surface area (Å²) in [7, 11) is 0. The Balaban J connectivity index is 0.875. The molecule has 0 aliphatic heterocycles. The Morgan fingerprint density at radius 2 is 1.33 bits per heavy atom. The van der Waals surface area contributed by atoms with Gasteiger partial charge in [0, 0.05) is 51.3 Å². The first-order valence-corrected chi connectivity index (χ1v) is 26.2. The average molecular weight is 928 g/mol. The lowest BCUT2D eigenvalue weighted by Crippen LogP contribution is -2.32. The summed E-state index contributed by atoms with van der Waals surface area (Å²) < 4.78 is 6.72. The maximum atomic E-state index is 6.72. The maximum absolute atomic E-state index is 6.72. The fraction of sp³-hybridized carbons (Fsp3) is 0.171. The summed E-state index contributed by atoms with van der Waals surface area (Å²) in [6, 6.07) is 61.7. The van der Waals surface area contributed by atoms with E-state index >= 15 is 0 Å². The van der Waals surface area contributed by atoms with E-state index in [2.05, 4.69) is 237 Å². The van der Waals surface area contributed by atoms with Gasteiger partial charge in [-0.1, -0.05) is 208 Å².